The van der Waals surface area contributed by atoms with E-state index in [1.807, 2.05) is 0 Å². The highest BCUT2D eigenvalue weighted by Gasteiger charge is 2.35. The molecule has 3 aromatic carbocycles. The Morgan fingerprint density at radius 2 is 1.64 bits per heavy atom. The molecule has 36 heavy (non-hydrogen) atoms. The van der Waals surface area contributed by atoms with Crippen LogP contribution in [0.3, 0.4) is 0 Å². The molecule has 1 heterocycles. The fourth-order valence-electron chi connectivity index (χ4n) is 3.33. The molecule has 0 aliphatic carbocycles. The normalized spacial score (nSPS) is 14.3. The molecule has 0 bridgehead atoms. The summed E-state index contributed by atoms with van der Waals surface area (Å²) < 4.78 is 16.6. The third-order valence-corrected chi connectivity index (χ3v) is 6.64. The summed E-state index contributed by atoms with van der Waals surface area (Å²) in [6.07, 6.45) is 1.48. The van der Waals surface area contributed by atoms with Gasteiger partial charge in [-0.3, -0.25) is 14.5 Å². The highest BCUT2D eigenvalue weighted by atomic mass is 35.5. The topological polar surface area (TPSA) is 82.1 Å². The molecule has 4 rings (SSSR count). The van der Waals surface area contributed by atoms with E-state index in [9.17, 15) is 14.4 Å². The van der Waals surface area contributed by atoms with Crippen LogP contribution >= 0.6 is 35.0 Å². The van der Waals surface area contributed by atoms with E-state index in [1.54, 1.807) is 60.7 Å². The molecule has 2 amide bonds. The second-order valence-electron chi connectivity index (χ2n) is 7.36. The minimum atomic E-state index is -0.690. The van der Waals surface area contributed by atoms with Crippen LogP contribution in [-0.4, -0.2) is 42.3 Å². The quantitative estimate of drug-likeness (QED) is 0.186. The van der Waals surface area contributed by atoms with Gasteiger partial charge in [-0.05, 0) is 48.2 Å². The maximum Gasteiger partial charge on any atom is 0.345 e. The molecule has 0 aromatic heterocycles. The molecule has 1 aliphatic rings. The minimum Gasteiger partial charge on any atom is -0.493 e. The summed E-state index contributed by atoms with van der Waals surface area (Å²) in [5.74, 6) is -0.345. The van der Waals surface area contributed by atoms with Gasteiger partial charge in [-0.25, -0.2) is 4.79 Å². The first-order valence-electron chi connectivity index (χ1n) is 10.7. The summed E-state index contributed by atoms with van der Waals surface area (Å²) in [5, 5.41) is 0.231. The Hall–Kier alpha value is -3.46. The van der Waals surface area contributed by atoms with Crippen LogP contribution in [0.4, 0.5) is 4.79 Å². The number of para-hydroxylation sites is 2. The maximum absolute atomic E-state index is 13.0. The molecule has 0 radical (unpaired) electrons. The van der Waals surface area contributed by atoms with Crippen molar-refractivity contribution in [3.05, 3.63) is 92.8 Å². The first-order chi connectivity index (χ1) is 17.4. The molecule has 0 saturated carbocycles. The average Bonchev–Trinajstić information content (AvgIpc) is 3.13. The summed E-state index contributed by atoms with van der Waals surface area (Å²) in [4.78, 5) is 39.5. The van der Waals surface area contributed by atoms with Gasteiger partial charge in [0.15, 0.2) is 11.5 Å². The van der Waals surface area contributed by atoms with Gasteiger partial charge >= 0.3 is 5.97 Å². The lowest BCUT2D eigenvalue weighted by Crippen LogP contribution is -2.32. The fraction of sp³-hybridized carbons (Fsp3) is 0.115. The predicted octanol–water partition coefficient (Wildman–Crippen LogP) is 6.34. The fourth-order valence-corrected chi connectivity index (χ4v) is 4.59. The highest BCUT2D eigenvalue weighted by Crippen LogP contribution is 2.38. The largest absolute Gasteiger partial charge is 0.493 e. The number of carbonyl (C=O) groups is 3. The Morgan fingerprint density at radius 3 is 2.36 bits per heavy atom. The molecular weight excluding hydrogens is 525 g/mol. The van der Waals surface area contributed by atoms with Crippen molar-refractivity contribution in [2.45, 2.75) is 0 Å². The molecule has 0 spiro atoms. The Kier molecular flexibility index (Phi) is 8.20. The maximum atomic E-state index is 13.0. The van der Waals surface area contributed by atoms with Crippen molar-refractivity contribution in [3.8, 4) is 17.2 Å². The number of benzene rings is 3. The van der Waals surface area contributed by atoms with Crippen LogP contribution < -0.4 is 14.2 Å². The van der Waals surface area contributed by atoms with Crippen molar-refractivity contribution in [2.24, 2.45) is 0 Å². The van der Waals surface area contributed by atoms with Crippen LogP contribution in [0, 0.1) is 0 Å². The molecule has 1 saturated heterocycles. The number of amides is 2. The van der Waals surface area contributed by atoms with Gasteiger partial charge in [-0.15, -0.1) is 0 Å². The standard InChI is InChI=1S/C26H19Cl2NO6S/c1-33-21-12-6-7-16(23(21)35-25(31)17-8-2-3-9-18(17)27)15-22-24(30)29(26(32)36-22)13-14-34-20-11-5-4-10-19(20)28/h2-12,15H,13-14H2,1H3/b22-15-. The van der Waals surface area contributed by atoms with Gasteiger partial charge in [-0.1, -0.05) is 59.6 Å². The van der Waals surface area contributed by atoms with E-state index in [4.69, 9.17) is 37.4 Å². The zero-order chi connectivity index (χ0) is 25.7. The van der Waals surface area contributed by atoms with Gasteiger partial charge < -0.3 is 14.2 Å². The number of carbonyl (C=O) groups excluding carboxylic acids is 3. The van der Waals surface area contributed by atoms with Crippen molar-refractivity contribution < 1.29 is 28.6 Å². The minimum absolute atomic E-state index is 0.0414. The third-order valence-electron chi connectivity index (χ3n) is 5.09. The molecular formula is C26H19Cl2NO6S. The van der Waals surface area contributed by atoms with Crippen LogP contribution in [-0.2, 0) is 4.79 Å². The van der Waals surface area contributed by atoms with Crippen LogP contribution in [0.2, 0.25) is 10.0 Å². The lowest BCUT2D eigenvalue weighted by molar-refractivity contribution is -0.123. The number of ether oxygens (including phenoxy) is 3. The number of nitrogens with zero attached hydrogens (tertiary/aromatic N) is 1. The number of esters is 1. The lowest BCUT2D eigenvalue weighted by Gasteiger charge is -2.14. The summed E-state index contributed by atoms with van der Waals surface area (Å²) in [5.41, 5.74) is 0.558. The molecule has 1 aliphatic heterocycles. The van der Waals surface area contributed by atoms with Crippen LogP contribution in [0.25, 0.3) is 6.08 Å². The van der Waals surface area contributed by atoms with Crippen molar-refractivity contribution >= 4 is 58.2 Å². The van der Waals surface area contributed by atoms with Crippen molar-refractivity contribution in [1.29, 1.82) is 0 Å². The Morgan fingerprint density at radius 1 is 0.944 bits per heavy atom. The van der Waals surface area contributed by atoms with Crippen LogP contribution in [0.1, 0.15) is 15.9 Å². The molecule has 10 heteroatoms. The van der Waals surface area contributed by atoms with Crippen LogP contribution in [0.15, 0.2) is 71.6 Å². The second kappa shape index (κ2) is 11.5. The van der Waals surface area contributed by atoms with E-state index in [0.717, 1.165) is 16.7 Å². The average molecular weight is 544 g/mol. The second-order valence-corrected chi connectivity index (χ2v) is 9.17. The van der Waals surface area contributed by atoms with E-state index in [-0.39, 0.29) is 40.1 Å². The summed E-state index contributed by atoms with van der Waals surface area (Å²) in [7, 11) is 1.43. The number of methoxy groups -OCH3 is 1. The van der Waals surface area contributed by atoms with Gasteiger partial charge in [0.2, 0.25) is 0 Å². The van der Waals surface area contributed by atoms with E-state index in [0.29, 0.717) is 16.3 Å². The predicted molar refractivity (Wildman–Crippen MR) is 139 cm³/mol. The molecule has 0 unspecified atom stereocenters. The number of halogens is 2. The van der Waals surface area contributed by atoms with E-state index < -0.39 is 17.1 Å². The molecule has 3 aromatic rings. The first-order valence-corrected chi connectivity index (χ1v) is 12.2. The number of hydrogen-bond acceptors (Lipinski definition) is 7. The Labute approximate surface area is 221 Å². The molecule has 0 atom stereocenters. The van der Waals surface area contributed by atoms with E-state index in [2.05, 4.69) is 0 Å². The van der Waals surface area contributed by atoms with E-state index in [1.165, 1.54) is 19.3 Å². The number of rotatable bonds is 8. The van der Waals surface area contributed by atoms with Gasteiger partial charge in [0, 0.05) is 5.56 Å². The smallest absolute Gasteiger partial charge is 0.345 e. The van der Waals surface area contributed by atoms with Gasteiger partial charge in [0.25, 0.3) is 11.1 Å². The zero-order valence-electron chi connectivity index (χ0n) is 18.9. The number of thioether (sulfide) groups is 1. The van der Waals surface area contributed by atoms with Gasteiger partial charge in [0.1, 0.15) is 12.4 Å². The molecule has 184 valence electrons. The number of hydrogen-bond donors (Lipinski definition) is 0. The number of imide groups is 1. The third kappa shape index (κ3) is 5.67. The molecule has 7 nitrogen and oxygen atoms in total. The van der Waals surface area contributed by atoms with Gasteiger partial charge in [0.05, 0.1) is 34.2 Å². The van der Waals surface area contributed by atoms with Crippen molar-refractivity contribution in [2.75, 3.05) is 20.3 Å². The monoisotopic (exact) mass is 543 g/mol. The summed E-state index contributed by atoms with van der Waals surface area (Å²) in [6.45, 7) is 0.120. The lowest BCUT2D eigenvalue weighted by atomic mass is 10.1. The van der Waals surface area contributed by atoms with E-state index >= 15 is 0 Å². The van der Waals surface area contributed by atoms with Crippen molar-refractivity contribution in [3.63, 3.8) is 0 Å². The first kappa shape index (κ1) is 25.6. The molecule has 1 fully saturated rings. The molecule has 0 N–H and O–H groups in total. The van der Waals surface area contributed by atoms with Gasteiger partial charge in [-0.2, -0.15) is 0 Å². The summed E-state index contributed by atoms with van der Waals surface area (Å²) in [6, 6.07) is 18.3. The highest BCUT2D eigenvalue weighted by molar-refractivity contribution is 8.18. The zero-order valence-corrected chi connectivity index (χ0v) is 21.2. The van der Waals surface area contributed by atoms with Crippen molar-refractivity contribution in [1.82, 2.24) is 4.90 Å². The SMILES string of the molecule is COc1cccc(/C=C2\SC(=O)N(CCOc3ccccc3Cl)C2=O)c1OC(=O)c1ccccc1Cl. The Balaban J connectivity index is 1.53. The Bertz CT molecular complexity index is 1360. The van der Waals surface area contributed by atoms with Crippen LogP contribution in [0.5, 0.6) is 17.2 Å². The summed E-state index contributed by atoms with van der Waals surface area (Å²) >= 11 is 13.0.